The van der Waals surface area contributed by atoms with E-state index in [4.69, 9.17) is 10.3 Å². The van der Waals surface area contributed by atoms with Crippen LogP contribution in [0.1, 0.15) is 19.6 Å². The van der Waals surface area contributed by atoms with Crippen molar-refractivity contribution >= 4 is 11.4 Å². The number of hydrazone groups is 1. The number of oxazole rings is 1. The van der Waals surface area contributed by atoms with Crippen molar-refractivity contribution in [3.63, 3.8) is 0 Å². The lowest BCUT2D eigenvalue weighted by Gasteiger charge is -2.26. The highest BCUT2D eigenvalue weighted by Gasteiger charge is 2.23. The third-order valence-electron chi connectivity index (χ3n) is 3.96. The van der Waals surface area contributed by atoms with E-state index < -0.39 is 17.5 Å². The Morgan fingerprint density at radius 1 is 1.27 bits per heavy atom. The summed E-state index contributed by atoms with van der Waals surface area (Å²) in [6, 6.07) is 1.97. The predicted octanol–water partition coefficient (Wildman–Crippen LogP) is 3.90. The fourth-order valence-electron chi connectivity index (χ4n) is 2.76. The molecule has 0 spiro atoms. The third-order valence-corrected chi connectivity index (χ3v) is 3.96. The van der Waals surface area contributed by atoms with Crippen LogP contribution in [-0.2, 0) is 0 Å². The Morgan fingerprint density at radius 3 is 2.73 bits per heavy atom. The molecule has 0 bridgehead atoms. The number of aromatic nitrogens is 1. The minimum Gasteiger partial charge on any atom is -0.443 e. The van der Waals surface area contributed by atoms with E-state index in [1.165, 1.54) is 0 Å². The van der Waals surface area contributed by atoms with Crippen LogP contribution in [0.4, 0.5) is 13.2 Å². The van der Waals surface area contributed by atoms with Gasteiger partial charge in [-0.15, -0.1) is 0 Å². The van der Waals surface area contributed by atoms with Gasteiger partial charge in [0.25, 0.3) is 0 Å². The van der Waals surface area contributed by atoms with Gasteiger partial charge in [0.15, 0.2) is 29.6 Å². The van der Waals surface area contributed by atoms with Gasteiger partial charge in [-0.05, 0) is 12.1 Å². The Hall–Kier alpha value is -3.03. The number of nitrogens with two attached hydrogens (primary N) is 1. The molecule has 2 aromatic rings. The van der Waals surface area contributed by atoms with Crippen molar-refractivity contribution in [2.45, 2.75) is 13.8 Å². The molecule has 0 aliphatic carbocycles. The lowest BCUT2D eigenvalue weighted by atomic mass is 10.0. The molecular formula is C18H17F3N4O. The van der Waals surface area contributed by atoms with Crippen LogP contribution in [0, 0.1) is 23.4 Å². The number of amidine groups is 1. The fourth-order valence-corrected chi connectivity index (χ4v) is 2.76. The summed E-state index contributed by atoms with van der Waals surface area (Å²) in [6.07, 6.45) is 6.50. The number of nitrogens with zero attached hydrogens (tertiary/aromatic N) is 3. The van der Waals surface area contributed by atoms with Gasteiger partial charge in [0, 0.05) is 29.8 Å². The first-order valence-corrected chi connectivity index (χ1v) is 7.94. The van der Waals surface area contributed by atoms with Crippen LogP contribution >= 0.6 is 0 Å². The standard InChI is InChI=1S/C18H17F3N4O/c1-10(2)18(24-22)25-7-3-4-11(8-25)17-16(23-9-26-17)12-5-6-13(19)15(21)14(12)20/h3-6,8-10H,7,22H2,1-2H3/b24-18-. The van der Waals surface area contributed by atoms with Crippen molar-refractivity contribution in [3.8, 4) is 11.3 Å². The zero-order valence-corrected chi connectivity index (χ0v) is 14.2. The minimum absolute atomic E-state index is 0.0786. The van der Waals surface area contributed by atoms with Crippen LogP contribution in [0.15, 0.2) is 46.4 Å². The van der Waals surface area contributed by atoms with Crippen molar-refractivity contribution in [2.75, 3.05) is 6.54 Å². The highest BCUT2D eigenvalue weighted by Crippen LogP contribution is 2.33. The van der Waals surface area contributed by atoms with E-state index in [9.17, 15) is 13.2 Å². The molecule has 0 saturated carbocycles. The summed E-state index contributed by atoms with van der Waals surface area (Å²) < 4.78 is 46.3. The highest BCUT2D eigenvalue weighted by molar-refractivity contribution is 5.89. The quantitative estimate of drug-likeness (QED) is 0.296. The van der Waals surface area contributed by atoms with E-state index in [0.717, 1.165) is 18.5 Å². The van der Waals surface area contributed by atoms with Crippen molar-refractivity contribution < 1.29 is 17.6 Å². The largest absolute Gasteiger partial charge is 0.443 e. The van der Waals surface area contributed by atoms with E-state index in [1.54, 1.807) is 12.3 Å². The molecule has 1 aromatic carbocycles. The van der Waals surface area contributed by atoms with Gasteiger partial charge in [0.1, 0.15) is 11.5 Å². The molecule has 8 heteroatoms. The average Bonchev–Trinajstić information content (AvgIpc) is 3.10. The van der Waals surface area contributed by atoms with E-state index in [1.807, 2.05) is 24.8 Å². The highest BCUT2D eigenvalue weighted by atomic mass is 19.2. The average molecular weight is 362 g/mol. The van der Waals surface area contributed by atoms with Gasteiger partial charge in [-0.1, -0.05) is 26.0 Å². The molecule has 0 saturated heterocycles. The molecule has 0 fully saturated rings. The topological polar surface area (TPSA) is 67.7 Å². The van der Waals surface area contributed by atoms with Gasteiger partial charge in [-0.2, -0.15) is 5.10 Å². The van der Waals surface area contributed by atoms with Crippen molar-refractivity contribution in [3.05, 3.63) is 60.1 Å². The predicted molar refractivity (Wildman–Crippen MR) is 92.1 cm³/mol. The number of benzene rings is 1. The summed E-state index contributed by atoms with van der Waals surface area (Å²) in [6.45, 7) is 4.46. The molecule has 2 N–H and O–H groups in total. The number of halogens is 3. The van der Waals surface area contributed by atoms with Crippen LogP contribution in [0.3, 0.4) is 0 Å². The number of hydrogen-bond acceptors (Lipinski definition) is 4. The lowest BCUT2D eigenvalue weighted by Crippen LogP contribution is -2.32. The summed E-state index contributed by atoms with van der Waals surface area (Å²) in [5.74, 6) is 2.32. The molecule has 2 heterocycles. The van der Waals surface area contributed by atoms with Crippen LogP contribution in [0.2, 0.25) is 0 Å². The van der Waals surface area contributed by atoms with E-state index in [0.29, 0.717) is 18.0 Å². The van der Waals surface area contributed by atoms with E-state index in [2.05, 4.69) is 10.1 Å². The molecule has 1 aromatic heterocycles. The maximum Gasteiger partial charge on any atom is 0.195 e. The second kappa shape index (κ2) is 7.07. The molecule has 3 rings (SSSR count). The van der Waals surface area contributed by atoms with Crippen LogP contribution in [-0.4, -0.2) is 22.3 Å². The van der Waals surface area contributed by atoms with E-state index in [-0.39, 0.29) is 22.9 Å². The SMILES string of the molecule is CC(C)/C(=N/N)N1C=C(c2ocnc2-c2ccc(F)c(F)c2F)C=CC1. The van der Waals surface area contributed by atoms with Crippen LogP contribution in [0.25, 0.3) is 16.8 Å². The smallest absolute Gasteiger partial charge is 0.195 e. The zero-order chi connectivity index (χ0) is 18.8. The summed E-state index contributed by atoms with van der Waals surface area (Å²) in [5.41, 5.74) is 0.472. The first kappa shape index (κ1) is 17.8. The second-order valence-corrected chi connectivity index (χ2v) is 6.03. The Bertz CT molecular complexity index is 915. The van der Waals surface area contributed by atoms with Gasteiger partial charge in [-0.3, -0.25) is 0 Å². The van der Waals surface area contributed by atoms with Crippen molar-refractivity contribution in [1.82, 2.24) is 9.88 Å². The maximum atomic E-state index is 14.2. The van der Waals surface area contributed by atoms with Gasteiger partial charge in [-0.25, -0.2) is 18.2 Å². The molecule has 5 nitrogen and oxygen atoms in total. The molecule has 26 heavy (non-hydrogen) atoms. The second-order valence-electron chi connectivity index (χ2n) is 6.03. The van der Waals surface area contributed by atoms with E-state index >= 15 is 0 Å². The number of hydrogen-bond donors (Lipinski definition) is 1. The molecule has 0 radical (unpaired) electrons. The maximum absolute atomic E-state index is 14.2. The third kappa shape index (κ3) is 3.10. The monoisotopic (exact) mass is 362 g/mol. The molecule has 0 unspecified atom stereocenters. The van der Waals surface area contributed by atoms with Crippen LogP contribution < -0.4 is 5.84 Å². The summed E-state index contributed by atoms with van der Waals surface area (Å²) in [4.78, 5) is 5.80. The summed E-state index contributed by atoms with van der Waals surface area (Å²) in [5, 5.41) is 3.81. The molecule has 1 aliphatic rings. The van der Waals surface area contributed by atoms with Crippen molar-refractivity contribution in [2.24, 2.45) is 16.9 Å². The molecule has 0 atom stereocenters. The minimum atomic E-state index is -1.55. The molecule has 136 valence electrons. The first-order chi connectivity index (χ1) is 12.4. The van der Waals surface area contributed by atoms with Gasteiger partial charge >= 0.3 is 0 Å². The lowest BCUT2D eigenvalue weighted by molar-refractivity contribution is 0.448. The van der Waals surface area contributed by atoms with Gasteiger partial charge in [0.05, 0.1) is 0 Å². The first-order valence-electron chi connectivity index (χ1n) is 7.94. The number of rotatable bonds is 3. The molecule has 1 aliphatic heterocycles. The Kier molecular flexibility index (Phi) is 4.83. The summed E-state index contributed by atoms with van der Waals surface area (Å²) >= 11 is 0. The molecule has 0 amide bonds. The summed E-state index contributed by atoms with van der Waals surface area (Å²) in [7, 11) is 0. The Morgan fingerprint density at radius 2 is 2.04 bits per heavy atom. The van der Waals surface area contributed by atoms with Gasteiger partial charge in [0.2, 0.25) is 0 Å². The Labute approximate surface area is 148 Å². The van der Waals surface area contributed by atoms with Crippen molar-refractivity contribution in [1.29, 1.82) is 0 Å². The zero-order valence-electron chi connectivity index (χ0n) is 14.2. The molecular weight excluding hydrogens is 345 g/mol. The van der Waals surface area contributed by atoms with Gasteiger partial charge < -0.3 is 15.2 Å². The number of allylic oxidation sites excluding steroid dienone is 2. The fraction of sp³-hybridized carbons (Fsp3) is 0.222. The Balaban J connectivity index is 2.05. The normalized spacial score (nSPS) is 14.9. The van der Waals surface area contributed by atoms with Crippen LogP contribution in [0.5, 0.6) is 0 Å².